The van der Waals surface area contributed by atoms with Gasteiger partial charge in [0.25, 0.3) is 0 Å². The van der Waals surface area contributed by atoms with Crippen LogP contribution in [0.25, 0.3) is 0 Å². The van der Waals surface area contributed by atoms with Gasteiger partial charge >= 0.3 is 10.1 Å². The minimum absolute atomic E-state index is 0.00740. The van der Waals surface area contributed by atoms with Gasteiger partial charge < -0.3 is 14.7 Å². The molecule has 2 aromatic carbocycles. The second-order valence-corrected chi connectivity index (χ2v) is 7.83. The van der Waals surface area contributed by atoms with Crippen molar-refractivity contribution in [1.82, 2.24) is 0 Å². The van der Waals surface area contributed by atoms with E-state index in [4.69, 9.17) is 39.2 Å². The van der Waals surface area contributed by atoms with Gasteiger partial charge in [-0.15, -0.1) is 0 Å². The zero-order valence-electron chi connectivity index (χ0n) is 14.1. The average Bonchev–Trinajstić information content (AvgIpc) is 2.78. The Bertz CT molecular complexity index is 1020. The van der Waals surface area contributed by atoms with E-state index in [2.05, 4.69) is 0 Å². The van der Waals surface area contributed by atoms with Gasteiger partial charge in [-0.1, -0.05) is 53.5 Å². The summed E-state index contributed by atoms with van der Waals surface area (Å²) in [6.07, 6.45) is -2.35. The number of Topliss-reactive ketones (excluding diaryl/α,β-unsaturated/α-hetero) is 1. The molecule has 1 atom stereocenters. The highest BCUT2D eigenvalue weighted by Crippen LogP contribution is 2.35. The van der Waals surface area contributed by atoms with Crippen molar-refractivity contribution >= 4 is 39.1 Å². The fourth-order valence-electron chi connectivity index (χ4n) is 2.31. The van der Waals surface area contributed by atoms with E-state index in [0.717, 1.165) is 0 Å². The number of carbonyl (C=O) groups is 1. The van der Waals surface area contributed by atoms with Gasteiger partial charge in [-0.2, -0.15) is 8.42 Å². The van der Waals surface area contributed by atoms with E-state index >= 15 is 0 Å². The number of hydrogen-bond donors (Lipinski definition) is 1. The summed E-state index contributed by atoms with van der Waals surface area (Å²) in [6, 6.07) is 12.3. The molecule has 1 heterocycles. The predicted molar refractivity (Wildman–Crippen MR) is 96.7 cm³/mol. The SMILES string of the molecule is [2H]C1(c2cc(Cl)cc(Cl)c2)OC(N)=C(OS(=O)(=O)Cc2ccccc2)C1=O. The molecule has 1 aliphatic rings. The minimum atomic E-state index is -4.21. The number of benzene rings is 2. The number of halogens is 2. The fourth-order valence-corrected chi connectivity index (χ4v) is 3.90. The van der Waals surface area contributed by atoms with Gasteiger partial charge in [0.2, 0.25) is 17.4 Å². The van der Waals surface area contributed by atoms with Crippen LogP contribution in [0.5, 0.6) is 0 Å². The lowest BCUT2D eigenvalue weighted by Gasteiger charge is -2.11. The van der Waals surface area contributed by atoms with E-state index in [9.17, 15) is 13.2 Å². The minimum Gasteiger partial charge on any atom is -0.460 e. The van der Waals surface area contributed by atoms with Crippen molar-refractivity contribution in [3.8, 4) is 0 Å². The zero-order valence-corrected chi connectivity index (χ0v) is 15.4. The van der Waals surface area contributed by atoms with Gasteiger partial charge in [0.1, 0.15) is 5.75 Å². The van der Waals surface area contributed by atoms with Gasteiger partial charge in [0.05, 0.1) is 1.37 Å². The fraction of sp³-hybridized carbons (Fsp3) is 0.118. The van der Waals surface area contributed by atoms with Crippen molar-refractivity contribution < 1.29 is 23.5 Å². The zero-order chi connectivity index (χ0) is 19.8. The van der Waals surface area contributed by atoms with E-state index in [1.807, 2.05) is 0 Å². The molecule has 1 unspecified atom stereocenters. The molecule has 0 fully saturated rings. The van der Waals surface area contributed by atoms with Crippen molar-refractivity contribution in [3.05, 3.63) is 81.3 Å². The molecule has 26 heavy (non-hydrogen) atoms. The molecule has 0 spiro atoms. The van der Waals surface area contributed by atoms with Crippen LogP contribution >= 0.6 is 23.2 Å². The maximum Gasteiger partial charge on any atom is 0.313 e. The lowest BCUT2D eigenvalue weighted by molar-refractivity contribution is -0.123. The average molecular weight is 415 g/mol. The Morgan fingerprint density at radius 3 is 2.38 bits per heavy atom. The van der Waals surface area contributed by atoms with E-state index in [1.165, 1.54) is 18.2 Å². The first-order valence-electron chi connectivity index (χ1n) is 7.77. The van der Waals surface area contributed by atoms with Crippen LogP contribution in [0.2, 0.25) is 10.0 Å². The largest absolute Gasteiger partial charge is 0.460 e. The molecule has 0 saturated carbocycles. The van der Waals surface area contributed by atoms with Crippen molar-refractivity contribution in [2.75, 3.05) is 0 Å². The second kappa shape index (κ2) is 7.19. The standard InChI is InChI=1S/C17H13Cl2NO5S/c18-12-6-11(7-13(19)8-12)15-14(21)16(17(20)24-15)25-26(22,23)9-10-4-2-1-3-5-10/h1-8,15H,9,20H2/i15D. The summed E-state index contributed by atoms with van der Waals surface area (Å²) >= 11 is 11.8. The van der Waals surface area contributed by atoms with Crippen LogP contribution in [0, 0.1) is 0 Å². The smallest absolute Gasteiger partial charge is 0.313 e. The van der Waals surface area contributed by atoms with Gasteiger partial charge in [-0.25, -0.2) is 0 Å². The Kier molecular flexibility index (Phi) is 4.76. The molecule has 0 aliphatic carbocycles. The van der Waals surface area contributed by atoms with Crippen LogP contribution < -0.4 is 5.73 Å². The number of ether oxygens (including phenoxy) is 1. The summed E-state index contributed by atoms with van der Waals surface area (Å²) in [4.78, 5) is 12.7. The Balaban J connectivity index is 1.87. The first-order valence-corrected chi connectivity index (χ1v) is 9.60. The Labute approximate surface area is 161 Å². The Morgan fingerprint density at radius 1 is 1.15 bits per heavy atom. The van der Waals surface area contributed by atoms with Crippen LogP contribution in [0.1, 0.15) is 18.6 Å². The quantitative estimate of drug-likeness (QED) is 0.753. The number of rotatable bonds is 5. The molecule has 136 valence electrons. The molecular formula is C17H13Cl2NO5S. The third-order valence-electron chi connectivity index (χ3n) is 3.37. The lowest BCUT2D eigenvalue weighted by Crippen LogP contribution is -2.16. The van der Waals surface area contributed by atoms with Gasteiger partial charge in [-0.05, 0) is 23.8 Å². The Hall–Kier alpha value is -2.22. The van der Waals surface area contributed by atoms with Gasteiger partial charge in [0.15, 0.2) is 6.08 Å². The maximum absolute atomic E-state index is 12.7. The number of nitrogens with two attached hydrogens (primary N) is 1. The van der Waals surface area contributed by atoms with Crippen molar-refractivity contribution in [2.45, 2.75) is 11.8 Å². The van der Waals surface area contributed by atoms with Crippen LogP contribution in [0.15, 0.2) is 60.2 Å². The van der Waals surface area contributed by atoms with Crippen molar-refractivity contribution in [1.29, 1.82) is 0 Å². The molecule has 2 aromatic rings. The molecule has 1 aliphatic heterocycles. The highest BCUT2D eigenvalue weighted by Gasteiger charge is 2.39. The van der Waals surface area contributed by atoms with Crippen LogP contribution in [0.3, 0.4) is 0 Å². The highest BCUT2D eigenvalue weighted by atomic mass is 35.5. The van der Waals surface area contributed by atoms with E-state index < -0.39 is 39.4 Å². The first-order chi connectivity index (χ1) is 12.6. The van der Waals surface area contributed by atoms with Crippen LogP contribution in [-0.4, -0.2) is 14.2 Å². The molecule has 0 radical (unpaired) electrons. The summed E-state index contributed by atoms with van der Waals surface area (Å²) in [7, 11) is -4.21. The first kappa shape index (κ1) is 17.2. The summed E-state index contributed by atoms with van der Waals surface area (Å²) in [5.41, 5.74) is 6.07. The molecule has 6 nitrogen and oxygen atoms in total. The molecule has 0 saturated heterocycles. The summed E-state index contributed by atoms with van der Waals surface area (Å²) in [5, 5.41) is 0.343. The maximum atomic E-state index is 12.7. The number of ketones is 1. The number of carbonyl (C=O) groups excluding carboxylic acids is 1. The monoisotopic (exact) mass is 414 g/mol. The van der Waals surface area contributed by atoms with Crippen LogP contribution in [0.4, 0.5) is 0 Å². The second-order valence-electron chi connectivity index (χ2n) is 5.38. The lowest BCUT2D eigenvalue weighted by atomic mass is 10.1. The number of hydrogen-bond acceptors (Lipinski definition) is 6. The third kappa shape index (κ3) is 4.12. The molecule has 9 heteroatoms. The van der Waals surface area contributed by atoms with E-state index in [-0.39, 0.29) is 15.6 Å². The molecule has 0 amide bonds. The highest BCUT2D eigenvalue weighted by molar-refractivity contribution is 7.86. The van der Waals surface area contributed by atoms with Crippen molar-refractivity contribution in [3.63, 3.8) is 0 Å². The Morgan fingerprint density at radius 2 is 1.77 bits per heavy atom. The third-order valence-corrected chi connectivity index (χ3v) is 4.91. The van der Waals surface area contributed by atoms with E-state index in [0.29, 0.717) is 5.56 Å². The topological polar surface area (TPSA) is 95.7 Å². The molecule has 0 aromatic heterocycles. The molecule has 3 rings (SSSR count). The summed E-state index contributed by atoms with van der Waals surface area (Å²) in [5.74, 6) is -2.92. The van der Waals surface area contributed by atoms with E-state index in [1.54, 1.807) is 30.3 Å². The predicted octanol–water partition coefficient (Wildman–Crippen LogP) is 3.31. The van der Waals surface area contributed by atoms with Gasteiger partial charge in [-0.3, -0.25) is 4.79 Å². The normalized spacial score (nSPS) is 20.7. The van der Waals surface area contributed by atoms with Crippen molar-refractivity contribution in [2.24, 2.45) is 5.73 Å². The van der Waals surface area contributed by atoms with Gasteiger partial charge in [0, 0.05) is 15.6 Å². The summed E-state index contributed by atoms with van der Waals surface area (Å²) in [6.45, 7) is 0. The molecular weight excluding hydrogens is 401 g/mol. The summed E-state index contributed by atoms with van der Waals surface area (Å²) < 4.78 is 42.9. The molecule has 0 bridgehead atoms. The molecule has 2 N–H and O–H groups in total. The van der Waals surface area contributed by atoms with Crippen LogP contribution in [-0.2, 0) is 29.6 Å².